The van der Waals surface area contributed by atoms with Crippen LogP contribution in [0.3, 0.4) is 0 Å². The summed E-state index contributed by atoms with van der Waals surface area (Å²) in [5.74, 6) is 0.119. The zero-order valence-electron chi connectivity index (χ0n) is 11.4. The van der Waals surface area contributed by atoms with Crippen molar-refractivity contribution < 1.29 is 18.0 Å². The monoisotopic (exact) mass is 290 g/mol. The van der Waals surface area contributed by atoms with E-state index in [0.29, 0.717) is 12.3 Å². The molecule has 3 nitrogen and oxygen atoms in total. The molecule has 3 fully saturated rings. The zero-order valence-corrected chi connectivity index (χ0v) is 11.4. The van der Waals surface area contributed by atoms with Gasteiger partial charge in [-0.25, -0.2) is 0 Å². The van der Waals surface area contributed by atoms with Gasteiger partial charge in [0, 0.05) is 12.6 Å². The third-order valence-corrected chi connectivity index (χ3v) is 5.80. The van der Waals surface area contributed by atoms with Gasteiger partial charge in [-0.05, 0) is 43.9 Å². The first-order valence-electron chi connectivity index (χ1n) is 7.44. The second-order valence-corrected chi connectivity index (χ2v) is 6.79. The largest absolute Gasteiger partial charge is 0.396 e. The summed E-state index contributed by atoms with van der Waals surface area (Å²) in [6, 6.07) is -0.169. The highest BCUT2D eigenvalue weighted by Gasteiger charge is 2.58. The quantitative estimate of drug-likeness (QED) is 0.837. The zero-order chi connectivity index (χ0) is 14.5. The molecule has 0 spiro atoms. The van der Waals surface area contributed by atoms with Crippen LogP contribution >= 0.6 is 0 Å². The number of halogens is 3. The van der Waals surface area contributed by atoms with E-state index in [1.165, 1.54) is 0 Å². The lowest BCUT2D eigenvalue weighted by atomic mass is 9.68. The molecule has 4 atom stereocenters. The molecule has 3 rings (SSSR count). The van der Waals surface area contributed by atoms with Crippen molar-refractivity contribution in [1.29, 1.82) is 0 Å². The lowest BCUT2D eigenvalue weighted by molar-refractivity contribution is -0.248. The van der Waals surface area contributed by atoms with Crippen LogP contribution in [0.2, 0.25) is 0 Å². The van der Waals surface area contributed by atoms with E-state index in [4.69, 9.17) is 5.73 Å². The van der Waals surface area contributed by atoms with E-state index in [0.717, 1.165) is 19.3 Å². The fourth-order valence-electron chi connectivity index (χ4n) is 4.26. The van der Waals surface area contributed by atoms with Crippen LogP contribution in [0.25, 0.3) is 0 Å². The van der Waals surface area contributed by atoms with E-state index in [2.05, 4.69) is 5.32 Å². The summed E-state index contributed by atoms with van der Waals surface area (Å²) in [6.07, 6.45) is -0.385. The average molecular weight is 290 g/mol. The summed E-state index contributed by atoms with van der Waals surface area (Å²) in [7, 11) is 0. The standard InChI is InChI=1S/C14H21F3N2O/c15-14(16,17)13(4-1-5-13)7-19-12(20)10-8-2-3-9(6-8)11(10)18/h8-11H,1-7,18H2,(H,19,20). The molecular formula is C14H21F3N2O. The predicted molar refractivity (Wildman–Crippen MR) is 67.6 cm³/mol. The Morgan fingerprint density at radius 3 is 2.35 bits per heavy atom. The summed E-state index contributed by atoms with van der Waals surface area (Å²) >= 11 is 0. The molecule has 20 heavy (non-hydrogen) atoms. The molecule has 3 N–H and O–H groups in total. The van der Waals surface area contributed by atoms with Crippen molar-refractivity contribution in [3.05, 3.63) is 0 Å². The minimum absolute atomic E-state index is 0.125. The molecule has 0 radical (unpaired) electrons. The number of alkyl halides is 3. The molecule has 114 valence electrons. The number of carbonyl (C=O) groups is 1. The molecule has 0 aromatic heterocycles. The van der Waals surface area contributed by atoms with Crippen LogP contribution in [0.5, 0.6) is 0 Å². The first-order valence-corrected chi connectivity index (χ1v) is 7.44. The summed E-state index contributed by atoms with van der Waals surface area (Å²) < 4.78 is 39.1. The van der Waals surface area contributed by atoms with Gasteiger partial charge in [0.25, 0.3) is 0 Å². The lowest BCUT2D eigenvalue weighted by Crippen LogP contribution is -2.54. The predicted octanol–water partition coefficient (Wildman–Crippen LogP) is 2.21. The fourth-order valence-corrected chi connectivity index (χ4v) is 4.26. The molecular weight excluding hydrogens is 269 g/mol. The maximum absolute atomic E-state index is 13.0. The molecule has 3 aliphatic rings. The van der Waals surface area contributed by atoms with E-state index >= 15 is 0 Å². The van der Waals surface area contributed by atoms with Gasteiger partial charge in [-0.2, -0.15) is 13.2 Å². The normalized spacial score (nSPS) is 38.6. The van der Waals surface area contributed by atoms with Crippen molar-refractivity contribution in [2.24, 2.45) is 28.9 Å². The van der Waals surface area contributed by atoms with Gasteiger partial charge < -0.3 is 11.1 Å². The van der Waals surface area contributed by atoms with E-state index in [-0.39, 0.29) is 43.2 Å². The highest BCUT2D eigenvalue weighted by atomic mass is 19.4. The van der Waals surface area contributed by atoms with Crippen LogP contribution in [0.15, 0.2) is 0 Å². The maximum atomic E-state index is 13.0. The highest BCUT2D eigenvalue weighted by molar-refractivity contribution is 5.80. The van der Waals surface area contributed by atoms with Crippen LogP contribution in [-0.4, -0.2) is 24.7 Å². The van der Waals surface area contributed by atoms with Crippen molar-refractivity contribution in [2.75, 3.05) is 6.54 Å². The summed E-state index contributed by atoms with van der Waals surface area (Å²) in [4.78, 5) is 12.2. The Hall–Kier alpha value is -0.780. The van der Waals surface area contributed by atoms with Crippen molar-refractivity contribution in [3.63, 3.8) is 0 Å². The third-order valence-electron chi connectivity index (χ3n) is 5.80. The van der Waals surface area contributed by atoms with Crippen LogP contribution in [0, 0.1) is 23.2 Å². The lowest BCUT2D eigenvalue weighted by Gasteiger charge is -2.43. The Labute approximate surface area is 116 Å². The van der Waals surface area contributed by atoms with Crippen LogP contribution in [0.1, 0.15) is 38.5 Å². The Balaban J connectivity index is 1.60. The number of fused-ring (bicyclic) bond motifs is 2. The number of carbonyl (C=O) groups excluding carboxylic acids is 1. The number of nitrogens with one attached hydrogen (secondary N) is 1. The highest BCUT2D eigenvalue weighted by Crippen LogP contribution is 2.53. The molecule has 0 aliphatic heterocycles. The molecule has 0 aromatic rings. The van der Waals surface area contributed by atoms with Gasteiger partial charge >= 0.3 is 6.18 Å². The number of hydrogen-bond acceptors (Lipinski definition) is 2. The van der Waals surface area contributed by atoms with Gasteiger partial charge in [0.2, 0.25) is 5.91 Å². The second-order valence-electron chi connectivity index (χ2n) is 6.79. The molecule has 4 unspecified atom stereocenters. The van der Waals surface area contributed by atoms with Crippen molar-refractivity contribution in [2.45, 2.75) is 50.7 Å². The van der Waals surface area contributed by atoms with E-state index in [9.17, 15) is 18.0 Å². The van der Waals surface area contributed by atoms with Gasteiger partial charge in [-0.1, -0.05) is 6.42 Å². The molecule has 0 aromatic carbocycles. The van der Waals surface area contributed by atoms with Gasteiger partial charge in [0.15, 0.2) is 0 Å². The molecule has 3 saturated carbocycles. The minimum Gasteiger partial charge on any atom is -0.355 e. The van der Waals surface area contributed by atoms with Crippen LogP contribution < -0.4 is 11.1 Å². The topological polar surface area (TPSA) is 55.1 Å². The Morgan fingerprint density at radius 2 is 1.90 bits per heavy atom. The Morgan fingerprint density at radius 1 is 1.25 bits per heavy atom. The molecule has 1 amide bonds. The van der Waals surface area contributed by atoms with Crippen LogP contribution in [0.4, 0.5) is 13.2 Å². The average Bonchev–Trinajstić information content (AvgIpc) is 2.85. The number of nitrogens with two attached hydrogens (primary N) is 1. The first kappa shape index (κ1) is 14.2. The number of amides is 1. The third kappa shape index (κ3) is 2.03. The SMILES string of the molecule is NC1C2CCC(C2)C1C(=O)NCC1(C(F)(F)F)CCC1. The van der Waals surface area contributed by atoms with Crippen molar-refractivity contribution in [3.8, 4) is 0 Å². The minimum atomic E-state index is -4.23. The molecule has 0 heterocycles. The molecule has 2 bridgehead atoms. The van der Waals surface area contributed by atoms with E-state index < -0.39 is 11.6 Å². The summed E-state index contributed by atoms with van der Waals surface area (Å²) in [6.45, 7) is -0.282. The van der Waals surface area contributed by atoms with Crippen molar-refractivity contribution >= 4 is 5.91 Å². The van der Waals surface area contributed by atoms with Gasteiger partial charge in [-0.15, -0.1) is 0 Å². The molecule has 0 saturated heterocycles. The van der Waals surface area contributed by atoms with Gasteiger partial charge in [-0.3, -0.25) is 4.79 Å². The summed E-state index contributed by atoms with van der Waals surface area (Å²) in [5.41, 5.74) is 4.36. The van der Waals surface area contributed by atoms with Gasteiger partial charge in [0.1, 0.15) is 0 Å². The first-order chi connectivity index (χ1) is 9.34. The number of rotatable bonds is 3. The van der Waals surface area contributed by atoms with Gasteiger partial charge in [0.05, 0.1) is 11.3 Å². The smallest absolute Gasteiger partial charge is 0.355 e. The molecule has 6 heteroatoms. The Kier molecular flexibility index (Phi) is 3.27. The summed E-state index contributed by atoms with van der Waals surface area (Å²) in [5, 5.41) is 2.55. The van der Waals surface area contributed by atoms with E-state index in [1.54, 1.807) is 0 Å². The van der Waals surface area contributed by atoms with Crippen molar-refractivity contribution in [1.82, 2.24) is 5.32 Å². The van der Waals surface area contributed by atoms with Crippen LogP contribution in [-0.2, 0) is 4.79 Å². The number of hydrogen-bond donors (Lipinski definition) is 2. The fraction of sp³-hybridized carbons (Fsp3) is 0.929. The molecule has 3 aliphatic carbocycles. The maximum Gasteiger partial charge on any atom is 0.396 e. The Bertz CT molecular complexity index is 404. The van der Waals surface area contributed by atoms with E-state index in [1.807, 2.05) is 0 Å². The second kappa shape index (κ2) is 4.61.